The summed E-state index contributed by atoms with van der Waals surface area (Å²) in [5.41, 5.74) is 2.48. The van der Waals surface area contributed by atoms with Gasteiger partial charge in [0.05, 0.1) is 4.90 Å². The number of benzene rings is 3. The van der Waals surface area contributed by atoms with Crippen LogP contribution in [0.15, 0.2) is 71.6 Å². The number of sulfonamides is 1. The molecular weight excluding hydrogens is 379 g/mol. The van der Waals surface area contributed by atoms with Crippen LogP contribution in [0.3, 0.4) is 0 Å². The molecule has 3 aromatic rings. The van der Waals surface area contributed by atoms with Gasteiger partial charge in [-0.1, -0.05) is 18.2 Å². The predicted octanol–water partition coefficient (Wildman–Crippen LogP) is 4.50. The molecule has 28 heavy (non-hydrogen) atoms. The Labute approximate surface area is 163 Å². The lowest BCUT2D eigenvalue weighted by molar-refractivity contribution is 0.102. The van der Waals surface area contributed by atoms with Crippen LogP contribution in [0.25, 0.3) is 0 Å². The average molecular weight is 398 g/mol. The minimum Gasteiger partial charge on any atom is -0.322 e. The van der Waals surface area contributed by atoms with Crippen molar-refractivity contribution in [2.45, 2.75) is 18.7 Å². The summed E-state index contributed by atoms with van der Waals surface area (Å²) in [6.07, 6.45) is 0. The lowest BCUT2D eigenvalue weighted by Gasteiger charge is -2.12. The van der Waals surface area contributed by atoms with Crippen molar-refractivity contribution in [2.24, 2.45) is 0 Å². The molecule has 0 spiro atoms. The fourth-order valence-corrected chi connectivity index (χ4v) is 4.06. The van der Waals surface area contributed by atoms with Crippen LogP contribution in [0.2, 0.25) is 0 Å². The monoisotopic (exact) mass is 398 g/mol. The summed E-state index contributed by atoms with van der Waals surface area (Å²) in [5.74, 6) is -0.872. The number of amides is 1. The summed E-state index contributed by atoms with van der Waals surface area (Å²) in [4.78, 5) is 12.5. The Bertz CT molecular complexity index is 1130. The summed E-state index contributed by atoms with van der Waals surface area (Å²) in [7, 11) is -3.75. The van der Waals surface area contributed by atoms with Gasteiger partial charge in [-0.05, 0) is 73.5 Å². The third-order valence-electron chi connectivity index (χ3n) is 4.11. The molecular formula is C21H19FN2O3S. The molecule has 3 aromatic carbocycles. The van der Waals surface area contributed by atoms with E-state index in [0.29, 0.717) is 22.5 Å². The Morgan fingerprint density at radius 2 is 1.61 bits per heavy atom. The van der Waals surface area contributed by atoms with E-state index in [1.54, 1.807) is 25.1 Å². The molecule has 0 heterocycles. The minimum absolute atomic E-state index is 0.209. The van der Waals surface area contributed by atoms with Crippen molar-refractivity contribution in [2.75, 3.05) is 10.0 Å². The molecule has 0 atom stereocenters. The quantitative estimate of drug-likeness (QED) is 0.665. The summed E-state index contributed by atoms with van der Waals surface area (Å²) < 4.78 is 41.0. The SMILES string of the molecule is Cc1ccc(C)c(S(=O)(=O)Nc2ccc(C(=O)Nc3cccc(F)c3)cc2)c1. The van der Waals surface area contributed by atoms with Gasteiger partial charge in [0.15, 0.2) is 0 Å². The number of nitrogens with one attached hydrogen (secondary N) is 2. The molecule has 0 aromatic heterocycles. The average Bonchev–Trinajstić information content (AvgIpc) is 2.64. The van der Waals surface area contributed by atoms with E-state index in [0.717, 1.165) is 5.56 Å². The largest absolute Gasteiger partial charge is 0.322 e. The molecule has 0 saturated heterocycles. The Morgan fingerprint density at radius 3 is 2.29 bits per heavy atom. The van der Waals surface area contributed by atoms with Gasteiger partial charge >= 0.3 is 0 Å². The van der Waals surface area contributed by atoms with E-state index in [9.17, 15) is 17.6 Å². The highest BCUT2D eigenvalue weighted by Crippen LogP contribution is 2.21. The van der Waals surface area contributed by atoms with Gasteiger partial charge in [-0.25, -0.2) is 12.8 Å². The van der Waals surface area contributed by atoms with Crippen molar-refractivity contribution < 1.29 is 17.6 Å². The van der Waals surface area contributed by atoms with Gasteiger partial charge < -0.3 is 5.32 Å². The second-order valence-electron chi connectivity index (χ2n) is 6.42. The van der Waals surface area contributed by atoms with E-state index in [2.05, 4.69) is 10.0 Å². The molecule has 0 unspecified atom stereocenters. The molecule has 144 valence electrons. The molecule has 7 heteroatoms. The number of hydrogen-bond acceptors (Lipinski definition) is 3. The van der Waals surface area contributed by atoms with Crippen molar-refractivity contribution in [3.63, 3.8) is 0 Å². The van der Waals surface area contributed by atoms with Crippen molar-refractivity contribution in [3.8, 4) is 0 Å². The van der Waals surface area contributed by atoms with Crippen LogP contribution in [0.4, 0.5) is 15.8 Å². The van der Waals surface area contributed by atoms with E-state index in [1.165, 1.54) is 42.5 Å². The molecule has 5 nitrogen and oxygen atoms in total. The van der Waals surface area contributed by atoms with Crippen molar-refractivity contribution in [3.05, 3.63) is 89.2 Å². The normalized spacial score (nSPS) is 11.1. The second-order valence-corrected chi connectivity index (χ2v) is 8.07. The van der Waals surface area contributed by atoms with Gasteiger partial charge in [0.25, 0.3) is 15.9 Å². The zero-order chi connectivity index (χ0) is 20.3. The van der Waals surface area contributed by atoms with Gasteiger partial charge in [0.2, 0.25) is 0 Å². The number of halogens is 1. The van der Waals surface area contributed by atoms with Gasteiger partial charge in [-0.15, -0.1) is 0 Å². The Hall–Kier alpha value is -3.19. The standard InChI is InChI=1S/C21H19FN2O3S/c1-14-6-7-15(2)20(12-14)28(26,27)24-18-10-8-16(9-11-18)21(25)23-19-5-3-4-17(22)13-19/h3-13,24H,1-2H3,(H,23,25). The highest BCUT2D eigenvalue weighted by atomic mass is 32.2. The molecule has 0 aliphatic carbocycles. The topological polar surface area (TPSA) is 75.3 Å². The van der Waals surface area contributed by atoms with Crippen LogP contribution in [0.1, 0.15) is 21.5 Å². The maximum atomic E-state index is 13.2. The van der Waals surface area contributed by atoms with E-state index < -0.39 is 21.7 Å². The summed E-state index contributed by atoms with van der Waals surface area (Å²) in [5, 5.41) is 2.59. The highest BCUT2D eigenvalue weighted by Gasteiger charge is 2.17. The first-order valence-electron chi connectivity index (χ1n) is 8.52. The third-order valence-corrected chi connectivity index (χ3v) is 5.64. The number of aryl methyl sites for hydroxylation is 2. The zero-order valence-electron chi connectivity index (χ0n) is 15.4. The van der Waals surface area contributed by atoms with Gasteiger partial charge in [0.1, 0.15) is 5.82 Å². The Balaban J connectivity index is 1.75. The molecule has 0 fully saturated rings. The number of anilines is 2. The van der Waals surface area contributed by atoms with Gasteiger partial charge in [0, 0.05) is 16.9 Å². The molecule has 3 rings (SSSR count). The first-order chi connectivity index (χ1) is 13.2. The van der Waals surface area contributed by atoms with Crippen LogP contribution in [-0.2, 0) is 10.0 Å². The highest BCUT2D eigenvalue weighted by molar-refractivity contribution is 7.92. The molecule has 0 aliphatic rings. The van der Waals surface area contributed by atoms with Gasteiger partial charge in [-0.2, -0.15) is 0 Å². The first kappa shape index (κ1) is 19.6. The molecule has 0 aliphatic heterocycles. The Morgan fingerprint density at radius 1 is 0.893 bits per heavy atom. The fourth-order valence-electron chi connectivity index (χ4n) is 2.67. The van der Waals surface area contributed by atoms with Crippen LogP contribution in [0.5, 0.6) is 0 Å². The smallest absolute Gasteiger partial charge is 0.262 e. The maximum absolute atomic E-state index is 13.2. The first-order valence-corrected chi connectivity index (χ1v) is 10.00. The summed E-state index contributed by atoms with van der Waals surface area (Å²) in [6.45, 7) is 3.55. The summed E-state index contributed by atoms with van der Waals surface area (Å²) in [6, 6.07) is 16.8. The molecule has 0 radical (unpaired) electrons. The van der Waals surface area contributed by atoms with Crippen molar-refractivity contribution in [1.29, 1.82) is 0 Å². The van der Waals surface area contributed by atoms with Gasteiger partial charge in [-0.3, -0.25) is 9.52 Å². The molecule has 0 saturated carbocycles. The second kappa shape index (κ2) is 7.82. The minimum atomic E-state index is -3.75. The fraction of sp³-hybridized carbons (Fsp3) is 0.0952. The van der Waals surface area contributed by atoms with Crippen molar-refractivity contribution in [1.82, 2.24) is 0 Å². The molecule has 2 N–H and O–H groups in total. The number of rotatable bonds is 5. The lowest BCUT2D eigenvalue weighted by atomic mass is 10.2. The van der Waals surface area contributed by atoms with Crippen molar-refractivity contribution >= 4 is 27.3 Å². The summed E-state index contributed by atoms with van der Waals surface area (Å²) >= 11 is 0. The van der Waals surface area contributed by atoms with Crippen LogP contribution < -0.4 is 10.0 Å². The van der Waals surface area contributed by atoms with Crippen LogP contribution >= 0.6 is 0 Å². The third kappa shape index (κ3) is 4.55. The van der Waals surface area contributed by atoms with E-state index in [1.807, 2.05) is 13.0 Å². The van der Waals surface area contributed by atoms with Crippen LogP contribution in [-0.4, -0.2) is 14.3 Å². The van der Waals surface area contributed by atoms with E-state index in [-0.39, 0.29) is 4.90 Å². The Kier molecular flexibility index (Phi) is 5.46. The predicted molar refractivity (Wildman–Crippen MR) is 108 cm³/mol. The number of carbonyl (C=O) groups excluding carboxylic acids is 1. The van der Waals surface area contributed by atoms with E-state index in [4.69, 9.17) is 0 Å². The zero-order valence-corrected chi connectivity index (χ0v) is 16.2. The maximum Gasteiger partial charge on any atom is 0.262 e. The van der Waals surface area contributed by atoms with E-state index >= 15 is 0 Å². The lowest BCUT2D eigenvalue weighted by Crippen LogP contribution is -2.15. The molecule has 1 amide bonds. The number of hydrogen-bond donors (Lipinski definition) is 2. The number of carbonyl (C=O) groups is 1. The van der Waals surface area contributed by atoms with Crippen LogP contribution in [0, 0.1) is 19.7 Å². The molecule has 0 bridgehead atoms.